The zero-order valence-electron chi connectivity index (χ0n) is 14.3. The van der Waals surface area contributed by atoms with Crippen LogP contribution in [-0.4, -0.2) is 23.2 Å². The van der Waals surface area contributed by atoms with Gasteiger partial charge in [0.05, 0.1) is 20.9 Å². The van der Waals surface area contributed by atoms with Crippen LogP contribution in [0.1, 0.15) is 31.7 Å². The van der Waals surface area contributed by atoms with Crippen LogP contribution in [0.25, 0.3) is 10.9 Å². The van der Waals surface area contributed by atoms with Crippen LogP contribution in [0, 0.1) is 0 Å². The second-order valence-corrected chi connectivity index (χ2v) is 9.03. The van der Waals surface area contributed by atoms with E-state index in [0.717, 1.165) is 35.7 Å². The molecule has 4 N–H and O–H groups in total. The number of aromatic nitrogens is 3. The summed E-state index contributed by atoms with van der Waals surface area (Å²) in [6.45, 7) is 0. The number of pyridine rings is 1. The van der Waals surface area contributed by atoms with E-state index in [4.69, 9.17) is 5.14 Å². The lowest BCUT2D eigenvalue weighted by molar-refractivity contribution is 0.483. The molecule has 3 aromatic rings. The normalized spacial score (nSPS) is 15.5. The van der Waals surface area contributed by atoms with E-state index in [2.05, 4.69) is 31.3 Å². The van der Waals surface area contributed by atoms with Crippen LogP contribution in [0.5, 0.6) is 0 Å². The Bertz CT molecular complexity index is 1180. The van der Waals surface area contributed by atoms with Gasteiger partial charge in [-0.1, -0.05) is 18.9 Å². The lowest BCUT2D eigenvalue weighted by Gasteiger charge is -2.11. The van der Waals surface area contributed by atoms with Crippen molar-refractivity contribution < 1.29 is 8.42 Å². The van der Waals surface area contributed by atoms with Gasteiger partial charge in [-0.2, -0.15) is 5.10 Å². The van der Waals surface area contributed by atoms with Gasteiger partial charge in [-0.15, -0.1) is 0 Å². The summed E-state index contributed by atoms with van der Waals surface area (Å²) in [5.41, 5.74) is 0.956. The second kappa shape index (κ2) is 6.77. The second-order valence-electron chi connectivity index (χ2n) is 6.62. The minimum absolute atomic E-state index is 0.0119. The molecule has 27 heavy (non-hydrogen) atoms. The van der Waals surface area contributed by atoms with Gasteiger partial charge in [0.2, 0.25) is 10.0 Å². The highest BCUT2D eigenvalue weighted by molar-refractivity contribution is 9.10. The first-order valence-corrected chi connectivity index (χ1v) is 10.9. The summed E-state index contributed by atoms with van der Waals surface area (Å²) in [5, 5.41) is 13.4. The number of benzene rings is 1. The number of primary sulfonamides is 1. The number of nitrogens with zero attached hydrogens (tertiary/aromatic N) is 2. The molecule has 8 nitrogen and oxygen atoms in total. The van der Waals surface area contributed by atoms with Crippen molar-refractivity contribution in [3.8, 4) is 0 Å². The highest BCUT2D eigenvalue weighted by atomic mass is 79.9. The van der Waals surface area contributed by atoms with Crippen molar-refractivity contribution in [1.82, 2.24) is 14.8 Å². The van der Waals surface area contributed by atoms with E-state index in [1.807, 2.05) is 4.68 Å². The van der Waals surface area contributed by atoms with Crippen molar-refractivity contribution in [2.75, 3.05) is 5.32 Å². The molecule has 0 saturated heterocycles. The maximum Gasteiger partial charge on any atom is 0.261 e. The zero-order chi connectivity index (χ0) is 19.2. The number of anilines is 2. The molecule has 0 bridgehead atoms. The molecule has 1 fully saturated rings. The number of nitrogens with one attached hydrogen (secondary N) is 2. The highest BCUT2D eigenvalue weighted by Gasteiger charge is 2.24. The Balaban J connectivity index is 1.85. The molecule has 1 aliphatic carbocycles. The lowest BCUT2D eigenvalue weighted by Crippen LogP contribution is -2.12. The van der Waals surface area contributed by atoms with Crippen molar-refractivity contribution in [3.63, 3.8) is 0 Å². The topological polar surface area (TPSA) is 123 Å². The first-order valence-electron chi connectivity index (χ1n) is 8.54. The van der Waals surface area contributed by atoms with Crippen molar-refractivity contribution in [1.29, 1.82) is 0 Å². The summed E-state index contributed by atoms with van der Waals surface area (Å²) in [6.07, 6.45) is 5.90. The summed E-state index contributed by atoms with van der Waals surface area (Å²) in [7, 11) is -3.82. The number of halogens is 1. The van der Waals surface area contributed by atoms with Crippen LogP contribution in [-0.2, 0) is 10.0 Å². The predicted octanol–water partition coefficient (Wildman–Crippen LogP) is 2.99. The molecule has 142 valence electrons. The van der Waals surface area contributed by atoms with Gasteiger partial charge in [0.1, 0.15) is 5.39 Å². The molecular formula is C17H18BrN5O3S. The Kier molecular flexibility index (Phi) is 4.57. The summed E-state index contributed by atoms with van der Waals surface area (Å²) in [4.78, 5) is 15.2. The van der Waals surface area contributed by atoms with Gasteiger partial charge < -0.3 is 10.3 Å². The molecule has 0 radical (unpaired) electrons. The smallest absolute Gasteiger partial charge is 0.261 e. The van der Waals surface area contributed by atoms with Crippen LogP contribution < -0.4 is 16.0 Å². The molecule has 1 saturated carbocycles. The number of sulfonamides is 1. The van der Waals surface area contributed by atoms with Crippen LogP contribution in [0.4, 0.5) is 11.5 Å². The first-order chi connectivity index (χ1) is 12.8. The zero-order valence-corrected chi connectivity index (χ0v) is 16.7. The third kappa shape index (κ3) is 3.40. The van der Waals surface area contributed by atoms with Crippen LogP contribution in [0.15, 0.2) is 44.6 Å². The standard InChI is InChI=1S/C17H18BrN5O3S/c18-13-9-20-17(24)14-15(13)23(11-5-1-2-6-11)22-16(14)21-10-4-3-7-12(8-10)27(19,25)26/h3-4,7-9,11H,1-2,5-6H2,(H,20,24)(H,21,22)(H2,19,25,26). The maximum absolute atomic E-state index is 12.5. The molecule has 0 atom stereocenters. The van der Waals surface area contributed by atoms with E-state index < -0.39 is 10.0 Å². The van der Waals surface area contributed by atoms with Gasteiger partial charge in [-0.25, -0.2) is 13.6 Å². The molecule has 0 spiro atoms. The van der Waals surface area contributed by atoms with Crippen LogP contribution >= 0.6 is 15.9 Å². The predicted molar refractivity (Wildman–Crippen MR) is 107 cm³/mol. The molecule has 1 aliphatic rings. The number of fused-ring (bicyclic) bond motifs is 1. The number of H-pyrrole nitrogens is 1. The quantitative estimate of drug-likeness (QED) is 0.562. The summed E-state index contributed by atoms with van der Waals surface area (Å²) in [6, 6.07) is 6.35. The van der Waals surface area contributed by atoms with Gasteiger partial charge >= 0.3 is 0 Å². The highest BCUT2D eigenvalue weighted by Crippen LogP contribution is 2.36. The van der Waals surface area contributed by atoms with E-state index in [9.17, 15) is 13.2 Å². The molecule has 4 rings (SSSR count). The summed E-state index contributed by atoms with van der Waals surface area (Å²) in [5.74, 6) is 0.381. The monoisotopic (exact) mass is 451 g/mol. The number of hydrogen-bond acceptors (Lipinski definition) is 5. The first kappa shape index (κ1) is 18.2. The molecule has 0 unspecified atom stereocenters. The van der Waals surface area contributed by atoms with E-state index in [1.54, 1.807) is 18.3 Å². The Morgan fingerprint density at radius 2 is 2.04 bits per heavy atom. The Hall–Kier alpha value is -2.17. The molecule has 2 heterocycles. The van der Waals surface area contributed by atoms with Gasteiger partial charge in [-0.05, 0) is 47.0 Å². The Morgan fingerprint density at radius 1 is 1.30 bits per heavy atom. The third-order valence-electron chi connectivity index (χ3n) is 4.79. The van der Waals surface area contributed by atoms with E-state index in [-0.39, 0.29) is 16.5 Å². The van der Waals surface area contributed by atoms with Crippen molar-refractivity contribution in [3.05, 3.63) is 45.3 Å². The van der Waals surface area contributed by atoms with Gasteiger partial charge in [0.25, 0.3) is 5.56 Å². The Labute approximate surface area is 163 Å². The molecule has 0 aliphatic heterocycles. The van der Waals surface area contributed by atoms with E-state index >= 15 is 0 Å². The average Bonchev–Trinajstić information content (AvgIpc) is 3.26. The summed E-state index contributed by atoms with van der Waals surface area (Å²) < 4.78 is 25.8. The fraction of sp³-hybridized carbons (Fsp3) is 0.294. The number of rotatable bonds is 4. The fourth-order valence-electron chi connectivity index (χ4n) is 3.54. The Morgan fingerprint density at radius 3 is 2.74 bits per heavy atom. The summed E-state index contributed by atoms with van der Waals surface area (Å²) >= 11 is 3.51. The van der Waals surface area contributed by atoms with Crippen LogP contribution in [0.3, 0.4) is 0 Å². The molecule has 1 aromatic carbocycles. The average molecular weight is 452 g/mol. The van der Waals surface area contributed by atoms with E-state index in [0.29, 0.717) is 16.9 Å². The minimum Gasteiger partial charge on any atom is -0.338 e. The largest absolute Gasteiger partial charge is 0.338 e. The molecular weight excluding hydrogens is 434 g/mol. The van der Waals surface area contributed by atoms with Crippen molar-refractivity contribution in [2.45, 2.75) is 36.6 Å². The van der Waals surface area contributed by atoms with Gasteiger partial charge in [0.15, 0.2) is 5.82 Å². The fourth-order valence-corrected chi connectivity index (χ4v) is 4.59. The number of nitrogens with two attached hydrogens (primary N) is 1. The molecule has 0 amide bonds. The SMILES string of the molecule is NS(=O)(=O)c1cccc(Nc2nn(C3CCCC3)c3c(Br)c[nH]c(=O)c23)c1. The number of aromatic amines is 1. The van der Waals surface area contributed by atoms with Crippen molar-refractivity contribution >= 4 is 48.4 Å². The third-order valence-corrected chi connectivity index (χ3v) is 6.31. The maximum atomic E-state index is 12.5. The lowest BCUT2D eigenvalue weighted by atomic mass is 10.2. The van der Waals surface area contributed by atoms with Gasteiger partial charge in [0, 0.05) is 11.9 Å². The molecule has 10 heteroatoms. The van der Waals surface area contributed by atoms with E-state index in [1.165, 1.54) is 12.1 Å². The number of hydrogen-bond donors (Lipinski definition) is 3. The van der Waals surface area contributed by atoms with Crippen molar-refractivity contribution in [2.24, 2.45) is 5.14 Å². The van der Waals surface area contributed by atoms with Gasteiger partial charge in [-0.3, -0.25) is 9.48 Å². The molecule has 2 aromatic heterocycles. The minimum atomic E-state index is -3.82. The van der Waals surface area contributed by atoms with Crippen LogP contribution in [0.2, 0.25) is 0 Å².